The fraction of sp³-hybridized carbons (Fsp3) is 0.708. The summed E-state index contributed by atoms with van der Waals surface area (Å²) in [5.74, 6) is 3.17. The van der Waals surface area contributed by atoms with Crippen LogP contribution in [0.4, 0.5) is 0 Å². The van der Waals surface area contributed by atoms with Crippen LogP contribution in [0.1, 0.15) is 44.1 Å². The van der Waals surface area contributed by atoms with Gasteiger partial charge in [0.25, 0.3) is 0 Å². The largest absolute Gasteiger partial charge is 0.493 e. The Morgan fingerprint density at radius 1 is 1.10 bits per heavy atom. The van der Waals surface area contributed by atoms with Crippen molar-refractivity contribution in [3.63, 3.8) is 0 Å². The molecule has 174 valence electrons. The first-order valence-corrected chi connectivity index (χ1v) is 11.7. The monoisotopic (exact) mass is 432 g/mol. The van der Waals surface area contributed by atoms with Gasteiger partial charge in [0.15, 0.2) is 17.5 Å². The molecule has 1 aromatic rings. The highest BCUT2D eigenvalue weighted by molar-refractivity contribution is 5.79. The Morgan fingerprint density at radius 3 is 2.55 bits per heavy atom. The summed E-state index contributed by atoms with van der Waals surface area (Å²) in [5.41, 5.74) is 1.10. The zero-order chi connectivity index (χ0) is 21.9. The number of nitrogens with zero attached hydrogens (tertiary/aromatic N) is 2. The molecule has 1 saturated heterocycles. The molecule has 0 unspecified atom stereocenters. The van der Waals surface area contributed by atoms with E-state index in [0.29, 0.717) is 18.6 Å². The number of methoxy groups -OCH3 is 2. The number of guanidine groups is 1. The minimum atomic E-state index is 0.294. The van der Waals surface area contributed by atoms with E-state index in [0.717, 1.165) is 68.6 Å². The Morgan fingerprint density at radius 2 is 1.87 bits per heavy atom. The Bertz CT molecular complexity index is 683. The quantitative estimate of drug-likeness (QED) is 0.438. The molecule has 7 nitrogen and oxygen atoms in total. The number of aliphatic imine (C=N–C) groups is 1. The summed E-state index contributed by atoms with van der Waals surface area (Å²) in [6, 6.07) is 6.09. The van der Waals surface area contributed by atoms with Gasteiger partial charge < -0.3 is 29.7 Å². The normalized spacial score (nSPS) is 18.9. The average molecular weight is 433 g/mol. The Hall–Kier alpha value is -1.99. The maximum atomic E-state index is 6.35. The van der Waals surface area contributed by atoms with Gasteiger partial charge in [0, 0.05) is 39.4 Å². The molecule has 0 amide bonds. The number of hydrogen-bond acceptors (Lipinski definition) is 5. The predicted molar refractivity (Wildman–Crippen MR) is 125 cm³/mol. The molecule has 1 aliphatic carbocycles. The van der Waals surface area contributed by atoms with Crippen LogP contribution in [0.3, 0.4) is 0 Å². The van der Waals surface area contributed by atoms with Crippen LogP contribution in [0.5, 0.6) is 11.5 Å². The molecule has 0 atom stereocenters. The number of hydrogen-bond donors (Lipinski definition) is 2. The lowest BCUT2D eigenvalue weighted by Gasteiger charge is -2.32. The first-order valence-electron chi connectivity index (χ1n) is 11.7. The van der Waals surface area contributed by atoms with Crippen LogP contribution >= 0.6 is 0 Å². The van der Waals surface area contributed by atoms with Gasteiger partial charge in [-0.25, -0.2) is 0 Å². The third-order valence-corrected chi connectivity index (χ3v) is 6.41. The standard InChI is InChI=1S/C24H40N4O3/c1-25-24(26-17-19-11-13-28(14-12-19)15-16-29-2)27-18-20-7-6-10-22(30-3)23(20)31-21-8-4-5-9-21/h6-7,10,19,21H,4-5,8-9,11-18H2,1-3H3,(H2,25,26,27). The average Bonchev–Trinajstić information content (AvgIpc) is 3.32. The lowest BCUT2D eigenvalue weighted by atomic mass is 9.97. The maximum Gasteiger partial charge on any atom is 0.191 e. The molecular weight excluding hydrogens is 392 g/mol. The molecule has 0 radical (unpaired) electrons. The van der Waals surface area contributed by atoms with Crippen molar-refractivity contribution in [1.29, 1.82) is 0 Å². The maximum absolute atomic E-state index is 6.35. The van der Waals surface area contributed by atoms with Gasteiger partial charge in [-0.15, -0.1) is 0 Å². The zero-order valence-corrected chi connectivity index (χ0v) is 19.5. The molecule has 0 bridgehead atoms. The van der Waals surface area contributed by atoms with Crippen molar-refractivity contribution in [3.8, 4) is 11.5 Å². The summed E-state index contributed by atoms with van der Waals surface area (Å²) in [6.07, 6.45) is 7.45. The van der Waals surface area contributed by atoms with Crippen molar-refractivity contribution in [2.45, 2.75) is 51.2 Å². The Labute approximate surface area is 187 Å². The molecule has 0 aromatic heterocycles. The first-order chi connectivity index (χ1) is 15.2. The van der Waals surface area contributed by atoms with E-state index in [1.165, 1.54) is 25.7 Å². The summed E-state index contributed by atoms with van der Waals surface area (Å²) < 4.78 is 17.1. The number of rotatable bonds is 10. The molecule has 31 heavy (non-hydrogen) atoms. The summed E-state index contributed by atoms with van der Waals surface area (Å²) >= 11 is 0. The summed E-state index contributed by atoms with van der Waals surface area (Å²) in [5, 5.41) is 6.97. The highest BCUT2D eigenvalue weighted by Gasteiger charge is 2.21. The molecule has 3 rings (SSSR count). The second-order valence-electron chi connectivity index (χ2n) is 8.56. The minimum Gasteiger partial charge on any atom is -0.493 e. The highest BCUT2D eigenvalue weighted by Crippen LogP contribution is 2.34. The second-order valence-corrected chi connectivity index (χ2v) is 8.56. The van der Waals surface area contributed by atoms with E-state index >= 15 is 0 Å². The van der Waals surface area contributed by atoms with E-state index in [9.17, 15) is 0 Å². The van der Waals surface area contributed by atoms with Crippen LogP contribution in [0.2, 0.25) is 0 Å². The van der Waals surface area contributed by atoms with E-state index < -0.39 is 0 Å². The van der Waals surface area contributed by atoms with Crippen LogP contribution < -0.4 is 20.1 Å². The van der Waals surface area contributed by atoms with E-state index in [4.69, 9.17) is 14.2 Å². The molecule has 1 aliphatic heterocycles. The van der Waals surface area contributed by atoms with E-state index in [-0.39, 0.29) is 0 Å². The lowest BCUT2D eigenvalue weighted by Crippen LogP contribution is -2.43. The van der Waals surface area contributed by atoms with Gasteiger partial charge >= 0.3 is 0 Å². The first kappa shape index (κ1) is 23.7. The molecule has 2 N–H and O–H groups in total. The van der Waals surface area contributed by atoms with Gasteiger partial charge in [-0.05, 0) is 63.6 Å². The van der Waals surface area contributed by atoms with Crippen molar-refractivity contribution in [3.05, 3.63) is 23.8 Å². The topological polar surface area (TPSA) is 67.4 Å². The predicted octanol–water partition coefficient (Wildman–Crippen LogP) is 3.04. The van der Waals surface area contributed by atoms with Crippen LogP contribution in [0.15, 0.2) is 23.2 Å². The summed E-state index contributed by atoms with van der Waals surface area (Å²) in [7, 11) is 5.30. The van der Waals surface area contributed by atoms with Gasteiger partial charge in [-0.1, -0.05) is 12.1 Å². The molecule has 1 aromatic carbocycles. The molecule has 2 aliphatic rings. The fourth-order valence-electron chi connectivity index (χ4n) is 4.44. The van der Waals surface area contributed by atoms with Crippen LogP contribution in [-0.2, 0) is 11.3 Å². The zero-order valence-electron chi connectivity index (χ0n) is 19.5. The van der Waals surface area contributed by atoms with Gasteiger partial charge in [-0.3, -0.25) is 4.99 Å². The fourth-order valence-corrected chi connectivity index (χ4v) is 4.44. The smallest absolute Gasteiger partial charge is 0.191 e. The molecular formula is C24H40N4O3. The molecule has 1 saturated carbocycles. The van der Waals surface area contributed by atoms with Crippen molar-refractivity contribution in [2.24, 2.45) is 10.9 Å². The van der Waals surface area contributed by atoms with Gasteiger partial charge in [0.2, 0.25) is 0 Å². The van der Waals surface area contributed by atoms with Crippen LogP contribution in [-0.4, -0.2) is 71.0 Å². The van der Waals surface area contributed by atoms with Gasteiger partial charge in [-0.2, -0.15) is 0 Å². The third-order valence-electron chi connectivity index (χ3n) is 6.41. The van der Waals surface area contributed by atoms with E-state index in [1.54, 1.807) is 14.2 Å². The highest BCUT2D eigenvalue weighted by atomic mass is 16.5. The van der Waals surface area contributed by atoms with Crippen molar-refractivity contribution < 1.29 is 14.2 Å². The number of nitrogens with one attached hydrogen (secondary N) is 2. The second kappa shape index (κ2) is 12.8. The number of piperidine rings is 1. The van der Waals surface area contributed by atoms with E-state index in [2.05, 4.69) is 26.6 Å². The lowest BCUT2D eigenvalue weighted by molar-refractivity contribution is 0.121. The van der Waals surface area contributed by atoms with E-state index in [1.807, 2.05) is 19.2 Å². The summed E-state index contributed by atoms with van der Waals surface area (Å²) in [6.45, 7) is 5.73. The number of ether oxygens (including phenoxy) is 3. The van der Waals surface area contributed by atoms with Crippen LogP contribution in [0.25, 0.3) is 0 Å². The number of likely N-dealkylation sites (tertiary alicyclic amines) is 1. The van der Waals surface area contributed by atoms with Gasteiger partial charge in [0.1, 0.15) is 0 Å². The molecule has 7 heteroatoms. The minimum absolute atomic E-state index is 0.294. The molecule has 1 heterocycles. The number of benzene rings is 1. The Kier molecular flexibility index (Phi) is 9.75. The van der Waals surface area contributed by atoms with Crippen molar-refractivity contribution in [1.82, 2.24) is 15.5 Å². The molecule has 0 spiro atoms. The third kappa shape index (κ3) is 7.28. The number of para-hydroxylation sites is 1. The molecule has 2 fully saturated rings. The Balaban J connectivity index is 1.48. The van der Waals surface area contributed by atoms with Crippen LogP contribution in [0, 0.1) is 5.92 Å². The van der Waals surface area contributed by atoms with Crippen molar-refractivity contribution >= 4 is 5.96 Å². The SMILES string of the molecule is CN=C(NCc1cccc(OC)c1OC1CCCC1)NCC1CCN(CCOC)CC1. The van der Waals surface area contributed by atoms with Crippen molar-refractivity contribution in [2.75, 3.05) is 54.1 Å². The summed E-state index contributed by atoms with van der Waals surface area (Å²) in [4.78, 5) is 6.90. The van der Waals surface area contributed by atoms with Gasteiger partial charge in [0.05, 0.1) is 19.8 Å².